The van der Waals surface area contributed by atoms with Gasteiger partial charge in [0.05, 0.1) is 11.7 Å². The molecule has 0 spiro atoms. The SMILES string of the molecule is Cc1cc(Cl)n(C2CCC2)n1. The van der Waals surface area contributed by atoms with E-state index in [2.05, 4.69) is 5.10 Å². The highest BCUT2D eigenvalue weighted by Crippen LogP contribution is 2.33. The fourth-order valence-corrected chi connectivity index (χ4v) is 1.71. The third-order valence-corrected chi connectivity index (χ3v) is 2.52. The van der Waals surface area contributed by atoms with Crippen molar-refractivity contribution in [3.63, 3.8) is 0 Å². The van der Waals surface area contributed by atoms with E-state index < -0.39 is 0 Å². The van der Waals surface area contributed by atoms with Crippen LogP contribution in [0.3, 0.4) is 0 Å². The predicted octanol–water partition coefficient (Wildman–Crippen LogP) is 2.57. The third kappa shape index (κ3) is 1.16. The van der Waals surface area contributed by atoms with E-state index in [0.717, 1.165) is 10.8 Å². The van der Waals surface area contributed by atoms with Crippen molar-refractivity contribution in [3.05, 3.63) is 16.9 Å². The zero-order valence-corrected chi connectivity index (χ0v) is 7.30. The Bertz CT molecular complexity index is 263. The van der Waals surface area contributed by atoms with Crippen molar-refractivity contribution in [1.82, 2.24) is 9.78 Å². The average molecular weight is 171 g/mol. The van der Waals surface area contributed by atoms with Gasteiger partial charge < -0.3 is 0 Å². The van der Waals surface area contributed by atoms with Gasteiger partial charge in [0.1, 0.15) is 5.15 Å². The van der Waals surface area contributed by atoms with Crippen molar-refractivity contribution in [2.75, 3.05) is 0 Å². The van der Waals surface area contributed by atoms with E-state index in [1.807, 2.05) is 17.7 Å². The van der Waals surface area contributed by atoms with Gasteiger partial charge in [0, 0.05) is 0 Å². The Morgan fingerprint density at radius 2 is 2.36 bits per heavy atom. The van der Waals surface area contributed by atoms with Gasteiger partial charge in [0.2, 0.25) is 0 Å². The lowest BCUT2D eigenvalue weighted by molar-refractivity contribution is 0.289. The summed E-state index contributed by atoms with van der Waals surface area (Å²) in [5.41, 5.74) is 1.02. The van der Waals surface area contributed by atoms with Crippen LogP contribution < -0.4 is 0 Å². The smallest absolute Gasteiger partial charge is 0.127 e. The molecule has 0 N–H and O–H groups in total. The lowest BCUT2D eigenvalue weighted by atomic mass is 9.93. The molecule has 0 aliphatic heterocycles. The summed E-state index contributed by atoms with van der Waals surface area (Å²) in [6.07, 6.45) is 3.79. The number of aromatic nitrogens is 2. The van der Waals surface area contributed by atoms with Gasteiger partial charge in [-0.3, -0.25) is 4.68 Å². The van der Waals surface area contributed by atoms with Crippen LogP contribution in [-0.4, -0.2) is 9.78 Å². The van der Waals surface area contributed by atoms with E-state index in [-0.39, 0.29) is 0 Å². The third-order valence-electron chi connectivity index (χ3n) is 2.23. The number of hydrogen-bond acceptors (Lipinski definition) is 1. The topological polar surface area (TPSA) is 17.8 Å². The molecule has 60 valence electrons. The molecule has 0 atom stereocenters. The monoisotopic (exact) mass is 170 g/mol. The molecule has 0 amide bonds. The van der Waals surface area contributed by atoms with Gasteiger partial charge >= 0.3 is 0 Å². The number of hydrogen-bond donors (Lipinski definition) is 0. The molecular weight excluding hydrogens is 160 g/mol. The van der Waals surface area contributed by atoms with Crippen molar-refractivity contribution >= 4 is 11.6 Å². The van der Waals surface area contributed by atoms with Crippen molar-refractivity contribution in [3.8, 4) is 0 Å². The lowest BCUT2D eigenvalue weighted by Gasteiger charge is -2.26. The Hall–Kier alpha value is -0.500. The van der Waals surface area contributed by atoms with E-state index in [9.17, 15) is 0 Å². The molecule has 1 saturated carbocycles. The van der Waals surface area contributed by atoms with E-state index in [1.165, 1.54) is 19.3 Å². The summed E-state index contributed by atoms with van der Waals surface area (Å²) in [6.45, 7) is 1.97. The molecule has 1 aromatic heterocycles. The van der Waals surface area contributed by atoms with Crippen molar-refractivity contribution in [1.29, 1.82) is 0 Å². The standard InChI is InChI=1S/C8H11ClN2/c1-6-5-8(9)11(10-6)7-3-2-4-7/h5,7H,2-4H2,1H3. The summed E-state index contributed by atoms with van der Waals surface area (Å²) in [5, 5.41) is 5.10. The highest BCUT2D eigenvalue weighted by molar-refractivity contribution is 6.29. The molecule has 2 nitrogen and oxygen atoms in total. The van der Waals surface area contributed by atoms with Crippen LogP contribution in [0.25, 0.3) is 0 Å². The Balaban J connectivity index is 2.28. The predicted molar refractivity (Wildman–Crippen MR) is 44.9 cm³/mol. The molecule has 0 unspecified atom stereocenters. The van der Waals surface area contributed by atoms with Crippen molar-refractivity contribution < 1.29 is 0 Å². The number of aryl methyl sites for hydroxylation is 1. The minimum absolute atomic E-state index is 0.580. The van der Waals surface area contributed by atoms with E-state index >= 15 is 0 Å². The fraction of sp³-hybridized carbons (Fsp3) is 0.625. The molecule has 11 heavy (non-hydrogen) atoms. The molecular formula is C8H11ClN2. The van der Waals surface area contributed by atoms with Gasteiger partial charge in [-0.15, -0.1) is 0 Å². The number of halogens is 1. The molecule has 0 saturated heterocycles. The molecule has 3 heteroatoms. The van der Waals surface area contributed by atoms with Crippen LogP contribution >= 0.6 is 11.6 Å². The quantitative estimate of drug-likeness (QED) is 0.634. The van der Waals surface area contributed by atoms with Gasteiger partial charge in [-0.1, -0.05) is 11.6 Å². The maximum absolute atomic E-state index is 5.95. The molecule has 1 aromatic rings. The van der Waals surface area contributed by atoms with Crippen LogP contribution in [0, 0.1) is 6.92 Å². The number of rotatable bonds is 1. The highest BCUT2D eigenvalue weighted by atomic mass is 35.5. The zero-order valence-electron chi connectivity index (χ0n) is 6.55. The van der Waals surface area contributed by atoms with E-state index in [4.69, 9.17) is 11.6 Å². The maximum Gasteiger partial charge on any atom is 0.127 e. The van der Waals surface area contributed by atoms with Crippen LogP contribution in [0.4, 0.5) is 0 Å². The molecule has 1 fully saturated rings. The summed E-state index contributed by atoms with van der Waals surface area (Å²) in [6, 6.07) is 2.50. The second-order valence-corrected chi connectivity index (χ2v) is 3.52. The Labute approximate surface area is 71.2 Å². The molecule has 1 heterocycles. The second-order valence-electron chi connectivity index (χ2n) is 3.14. The zero-order chi connectivity index (χ0) is 7.84. The number of nitrogens with zero attached hydrogens (tertiary/aromatic N) is 2. The van der Waals surface area contributed by atoms with Crippen LogP contribution in [0.1, 0.15) is 31.0 Å². The summed E-state index contributed by atoms with van der Waals surface area (Å²) < 4.78 is 1.94. The van der Waals surface area contributed by atoms with E-state index in [0.29, 0.717) is 6.04 Å². The van der Waals surface area contributed by atoms with Gasteiger partial charge in [-0.25, -0.2) is 0 Å². The summed E-state index contributed by atoms with van der Waals surface area (Å²) >= 11 is 5.95. The summed E-state index contributed by atoms with van der Waals surface area (Å²) in [4.78, 5) is 0. The van der Waals surface area contributed by atoms with Crippen LogP contribution in [0.5, 0.6) is 0 Å². The van der Waals surface area contributed by atoms with E-state index in [1.54, 1.807) is 0 Å². The molecule has 0 radical (unpaired) electrons. The van der Waals surface area contributed by atoms with Crippen LogP contribution in [0.15, 0.2) is 6.07 Å². The molecule has 1 aliphatic rings. The van der Waals surface area contributed by atoms with Crippen LogP contribution in [0.2, 0.25) is 5.15 Å². The Morgan fingerprint density at radius 3 is 2.73 bits per heavy atom. The normalized spacial score (nSPS) is 18.4. The van der Waals surface area contributed by atoms with Gasteiger partial charge in [0.25, 0.3) is 0 Å². The van der Waals surface area contributed by atoms with Gasteiger partial charge in [-0.2, -0.15) is 5.10 Å². The minimum atomic E-state index is 0.580. The first-order chi connectivity index (χ1) is 5.27. The van der Waals surface area contributed by atoms with Crippen LogP contribution in [-0.2, 0) is 0 Å². The first-order valence-corrected chi connectivity index (χ1v) is 4.37. The first-order valence-electron chi connectivity index (χ1n) is 3.99. The van der Waals surface area contributed by atoms with Gasteiger partial charge in [-0.05, 0) is 32.3 Å². The first kappa shape index (κ1) is 7.17. The average Bonchev–Trinajstić information content (AvgIpc) is 2.07. The fourth-order valence-electron chi connectivity index (χ4n) is 1.37. The second kappa shape index (κ2) is 2.52. The minimum Gasteiger partial charge on any atom is -0.251 e. The summed E-state index contributed by atoms with van der Waals surface area (Å²) in [5.74, 6) is 0. The van der Waals surface area contributed by atoms with Crippen molar-refractivity contribution in [2.24, 2.45) is 0 Å². The Morgan fingerprint density at radius 1 is 1.64 bits per heavy atom. The lowest BCUT2D eigenvalue weighted by Crippen LogP contribution is -2.18. The molecule has 0 bridgehead atoms. The molecule has 2 rings (SSSR count). The summed E-state index contributed by atoms with van der Waals surface area (Å²) in [7, 11) is 0. The van der Waals surface area contributed by atoms with Gasteiger partial charge in [0.15, 0.2) is 0 Å². The highest BCUT2D eigenvalue weighted by Gasteiger charge is 2.21. The van der Waals surface area contributed by atoms with Crippen molar-refractivity contribution in [2.45, 2.75) is 32.2 Å². The largest absolute Gasteiger partial charge is 0.251 e. The maximum atomic E-state index is 5.95. The Kier molecular flexibility index (Phi) is 1.64. The molecule has 1 aliphatic carbocycles. The molecule has 0 aromatic carbocycles.